The molecule has 0 bridgehead atoms. The Labute approximate surface area is 109 Å². The van der Waals surface area contributed by atoms with Crippen molar-refractivity contribution in [3.05, 3.63) is 28.2 Å². The van der Waals surface area contributed by atoms with Crippen LogP contribution in [0.2, 0.25) is 0 Å². The first kappa shape index (κ1) is 13.4. The van der Waals surface area contributed by atoms with Gasteiger partial charge in [0.2, 0.25) is 0 Å². The van der Waals surface area contributed by atoms with Crippen LogP contribution in [0.4, 0.5) is 5.69 Å². The lowest BCUT2D eigenvalue weighted by Gasteiger charge is -2.26. The normalized spacial score (nSPS) is 12.2. The van der Waals surface area contributed by atoms with Gasteiger partial charge in [0.25, 0.3) is 0 Å². The molecule has 5 heteroatoms. The van der Waals surface area contributed by atoms with Crippen molar-refractivity contribution in [3.8, 4) is 0 Å². The van der Waals surface area contributed by atoms with Crippen LogP contribution in [0.5, 0.6) is 0 Å². The smallest absolute Gasteiger partial charge is 0.104 e. The van der Waals surface area contributed by atoms with Gasteiger partial charge in [-0.3, -0.25) is 0 Å². The van der Waals surface area contributed by atoms with Gasteiger partial charge in [0.05, 0.1) is 12.3 Å². The highest BCUT2D eigenvalue weighted by molar-refractivity contribution is 9.10. The Morgan fingerprint density at radius 1 is 1.62 bits per heavy atom. The Balaban J connectivity index is 3.03. The third kappa shape index (κ3) is 2.93. The third-order valence-electron chi connectivity index (χ3n) is 2.54. The van der Waals surface area contributed by atoms with Gasteiger partial charge >= 0.3 is 0 Å². The minimum Gasteiger partial charge on any atom is -0.394 e. The number of aliphatic hydroxyl groups excluding tert-OH is 1. The van der Waals surface area contributed by atoms with Gasteiger partial charge in [-0.25, -0.2) is 0 Å². The number of hydrogen-bond acceptors (Lipinski definition) is 3. The van der Waals surface area contributed by atoms with E-state index in [-0.39, 0.29) is 12.6 Å². The summed E-state index contributed by atoms with van der Waals surface area (Å²) in [6.45, 7) is 2.06. The summed E-state index contributed by atoms with van der Waals surface area (Å²) in [6.07, 6.45) is 0. The van der Waals surface area contributed by atoms with Crippen molar-refractivity contribution in [2.75, 3.05) is 18.6 Å². The number of halogens is 1. The zero-order valence-electron chi connectivity index (χ0n) is 9.27. The van der Waals surface area contributed by atoms with Gasteiger partial charge in [-0.2, -0.15) is 0 Å². The van der Waals surface area contributed by atoms with Crippen LogP contribution >= 0.6 is 28.1 Å². The number of nitrogens with two attached hydrogens (primary N) is 1. The molecule has 1 aromatic rings. The molecule has 0 aliphatic rings. The van der Waals surface area contributed by atoms with E-state index in [4.69, 9.17) is 23.1 Å². The summed E-state index contributed by atoms with van der Waals surface area (Å²) in [6, 6.07) is 5.76. The van der Waals surface area contributed by atoms with Gasteiger partial charge in [0, 0.05) is 23.1 Å². The van der Waals surface area contributed by atoms with E-state index < -0.39 is 0 Å². The van der Waals surface area contributed by atoms with Crippen molar-refractivity contribution < 1.29 is 5.11 Å². The molecule has 3 N–H and O–H groups in total. The molecule has 0 saturated heterocycles. The van der Waals surface area contributed by atoms with Crippen LogP contribution in [-0.2, 0) is 0 Å². The fraction of sp³-hybridized carbons (Fsp3) is 0.364. The number of anilines is 1. The summed E-state index contributed by atoms with van der Waals surface area (Å²) >= 11 is 8.38. The molecule has 88 valence electrons. The fourth-order valence-corrected chi connectivity index (χ4v) is 2.09. The largest absolute Gasteiger partial charge is 0.394 e. The lowest BCUT2D eigenvalue weighted by Crippen LogP contribution is -2.32. The van der Waals surface area contributed by atoms with Crippen LogP contribution in [0.3, 0.4) is 0 Å². The maximum Gasteiger partial charge on any atom is 0.104 e. The van der Waals surface area contributed by atoms with E-state index in [1.54, 1.807) is 0 Å². The van der Waals surface area contributed by atoms with Crippen LogP contribution in [0.25, 0.3) is 0 Å². The van der Waals surface area contributed by atoms with Gasteiger partial charge in [0.1, 0.15) is 4.99 Å². The SMILES string of the molecule is CC(CO)N(C)c1ccc(C(N)=S)cc1Br. The monoisotopic (exact) mass is 302 g/mol. The molecule has 1 unspecified atom stereocenters. The highest BCUT2D eigenvalue weighted by Gasteiger charge is 2.12. The van der Waals surface area contributed by atoms with Crippen LogP contribution in [0.15, 0.2) is 22.7 Å². The minimum atomic E-state index is 0.0620. The first-order valence-corrected chi connectivity index (χ1v) is 6.10. The molecule has 1 aromatic carbocycles. The van der Waals surface area contributed by atoms with Gasteiger partial charge in [-0.15, -0.1) is 0 Å². The summed E-state index contributed by atoms with van der Waals surface area (Å²) in [5.74, 6) is 0. The number of likely N-dealkylation sites (N-methyl/N-ethyl adjacent to an activating group) is 1. The van der Waals surface area contributed by atoms with E-state index in [9.17, 15) is 0 Å². The molecule has 0 spiro atoms. The molecule has 0 fully saturated rings. The molecule has 0 amide bonds. The molecule has 0 saturated carbocycles. The van der Waals surface area contributed by atoms with Crippen molar-refractivity contribution in [3.63, 3.8) is 0 Å². The predicted octanol–water partition coefficient (Wildman–Crippen LogP) is 1.90. The van der Waals surface area contributed by atoms with Crippen LogP contribution in [0, 0.1) is 0 Å². The molecule has 0 heterocycles. The number of nitrogens with zero attached hydrogens (tertiary/aromatic N) is 1. The maximum atomic E-state index is 9.10. The van der Waals surface area contributed by atoms with Crippen molar-refractivity contribution >= 4 is 38.8 Å². The van der Waals surface area contributed by atoms with Crippen molar-refractivity contribution in [1.82, 2.24) is 0 Å². The van der Waals surface area contributed by atoms with Gasteiger partial charge in [0.15, 0.2) is 0 Å². The molecular weight excluding hydrogens is 288 g/mol. The van der Waals surface area contributed by atoms with Crippen molar-refractivity contribution in [1.29, 1.82) is 0 Å². The Kier molecular flexibility index (Phi) is 4.70. The second-order valence-electron chi connectivity index (χ2n) is 3.67. The second kappa shape index (κ2) is 5.61. The summed E-state index contributed by atoms with van der Waals surface area (Å²) < 4.78 is 0.917. The lowest BCUT2D eigenvalue weighted by molar-refractivity contribution is 0.270. The second-order valence-corrected chi connectivity index (χ2v) is 4.97. The molecule has 0 radical (unpaired) electrons. The average molecular weight is 303 g/mol. The number of hydrogen-bond donors (Lipinski definition) is 2. The summed E-state index contributed by atoms with van der Waals surface area (Å²) in [5, 5.41) is 9.10. The van der Waals surface area contributed by atoms with E-state index in [0.717, 1.165) is 15.7 Å². The van der Waals surface area contributed by atoms with E-state index in [1.165, 1.54) is 0 Å². The van der Waals surface area contributed by atoms with E-state index in [0.29, 0.717) is 4.99 Å². The lowest BCUT2D eigenvalue weighted by atomic mass is 10.2. The quantitative estimate of drug-likeness (QED) is 0.834. The standard InChI is InChI=1S/C11H15BrN2OS/c1-7(6-15)14(2)10-4-3-8(11(13)16)5-9(10)12/h3-5,7,15H,6H2,1-2H3,(H2,13,16). The molecule has 16 heavy (non-hydrogen) atoms. The Hall–Kier alpha value is -0.650. The Morgan fingerprint density at radius 2 is 2.25 bits per heavy atom. The first-order chi connectivity index (χ1) is 7.47. The van der Waals surface area contributed by atoms with Crippen molar-refractivity contribution in [2.24, 2.45) is 5.73 Å². The maximum absolute atomic E-state index is 9.10. The van der Waals surface area contributed by atoms with E-state index >= 15 is 0 Å². The molecule has 1 atom stereocenters. The molecule has 0 aliphatic carbocycles. The molecule has 0 aliphatic heterocycles. The first-order valence-electron chi connectivity index (χ1n) is 4.90. The Morgan fingerprint density at radius 3 is 2.69 bits per heavy atom. The van der Waals surface area contributed by atoms with Gasteiger partial charge in [-0.1, -0.05) is 12.2 Å². The Bertz CT molecular complexity index is 398. The fourth-order valence-electron chi connectivity index (χ4n) is 1.31. The van der Waals surface area contributed by atoms with Gasteiger partial charge < -0.3 is 15.7 Å². The number of rotatable bonds is 4. The summed E-state index contributed by atoms with van der Waals surface area (Å²) in [4.78, 5) is 2.37. The predicted molar refractivity (Wildman–Crippen MR) is 75.0 cm³/mol. The van der Waals surface area contributed by atoms with Crippen LogP contribution in [0.1, 0.15) is 12.5 Å². The molecule has 1 rings (SSSR count). The highest BCUT2D eigenvalue weighted by Crippen LogP contribution is 2.27. The number of thiocarbonyl (C=S) groups is 1. The summed E-state index contributed by atoms with van der Waals surface area (Å²) in [5.41, 5.74) is 7.38. The average Bonchev–Trinajstić information content (AvgIpc) is 2.26. The highest BCUT2D eigenvalue weighted by atomic mass is 79.9. The van der Waals surface area contributed by atoms with Crippen molar-refractivity contribution in [2.45, 2.75) is 13.0 Å². The van der Waals surface area contributed by atoms with Gasteiger partial charge in [-0.05, 0) is 41.1 Å². The third-order valence-corrected chi connectivity index (χ3v) is 3.41. The van der Waals surface area contributed by atoms with E-state index in [1.807, 2.05) is 37.1 Å². The molecule has 3 nitrogen and oxygen atoms in total. The number of aliphatic hydroxyl groups is 1. The number of benzene rings is 1. The minimum absolute atomic E-state index is 0.0620. The topological polar surface area (TPSA) is 49.5 Å². The summed E-state index contributed by atoms with van der Waals surface area (Å²) in [7, 11) is 1.93. The molecular formula is C11H15BrN2OS. The zero-order chi connectivity index (χ0) is 12.3. The molecule has 0 aromatic heterocycles. The van der Waals surface area contributed by atoms with E-state index in [2.05, 4.69) is 15.9 Å². The zero-order valence-corrected chi connectivity index (χ0v) is 11.7. The van der Waals surface area contributed by atoms with Crippen LogP contribution in [-0.4, -0.2) is 29.8 Å². The van der Waals surface area contributed by atoms with Crippen LogP contribution < -0.4 is 10.6 Å².